The molecule has 5 heteroatoms. The highest BCUT2D eigenvalue weighted by Crippen LogP contribution is 2.21. The van der Waals surface area contributed by atoms with Gasteiger partial charge in [0, 0.05) is 12.1 Å². The van der Waals surface area contributed by atoms with Gasteiger partial charge in [-0.1, -0.05) is 26.0 Å². The molecule has 0 aliphatic rings. The zero-order valence-electron chi connectivity index (χ0n) is 9.51. The highest BCUT2D eigenvalue weighted by atomic mass is 16.4. The summed E-state index contributed by atoms with van der Waals surface area (Å²) in [5.41, 5.74) is 0.845. The van der Waals surface area contributed by atoms with Crippen LogP contribution in [-0.2, 0) is 4.79 Å². The van der Waals surface area contributed by atoms with Crippen LogP contribution in [0.15, 0.2) is 6.20 Å². The standard InChI is InChI=1S/C10H17N3O2/c1-6(2)7(3)9-5-13(12-11-9)8(4)10(14)15/h5-8H,1-4H3,(H,14,15)/t7?,8-/m0/s1. The Morgan fingerprint density at radius 1 is 1.40 bits per heavy atom. The van der Waals surface area contributed by atoms with E-state index in [1.807, 2.05) is 0 Å². The Bertz CT molecular complexity index is 346. The Hall–Kier alpha value is -1.39. The lowest BCUT2D eigenvalue weighted by molar-refractivity contribution is -0.140. The van der Waals surface area contributed by atoms with E-state index in [4.69, 9.17) is 5.11 Å². The number of hydrogen-bond donors (Lipinski definition) is 1. The molecule has 0 spiro atoms. The molecule has 0 saturated carbocycles. The summed E-state index contributed by atoms with van der Waals surface area (Å²) in [6.07, 6.45) is 1.71. The lowest BCUT2D eigenvalue weighted by Gasteiger charge is -2.11. The Morgan fingerprint density at radius 2 is 2.00 bits per heavy atom. The van der Waals surface area contributed by atoms with E-state index in [2.05, 4.69) is 31.1 Å². The van der Waals surface area contributed by atoms with Gasteiger partial charge < -0.3 is 5.11 Å². The van der Waals surface area contributed by atoms with Gasteiger partial charge in [0.25, 0.3) is 0 Å². The molecule has 84 valence electrons. The number of carboxylic acid groups (broad SMARTS) is 1. The van der Waals surface area contributed by atoms with Crippen LogP contribution in [0.25, 0.3) is 0 Å². The van der Waals surface area contributed by atoms with Crippen LogP contribution >= 0.6 is 0 Å². The Morgan fingerprint density at radius 3 is 2.47 bits per heavy atom. The van der Waals surface area contributed by atoms with Crippen LogP contribution in [0.3, 0.4) is 0 Å². The molecule has 0 aliphatic carbocycles. The van der Waals surface area contributed by atoms with Crippen molar-refractivity contribution in [2.75, 3.05) is 0 Å². The minimum absolute atomic E-state index is 0.291. The topological polar surface area (TPSA) is 68.0 Å². The van der Waals surface area contributed by atoms with E-state index < -0.39 is 12.0 Å². The summed E-state index contributed by atoms with van der Waals surface area (Å²) < 4.78 is 1.39. The van der Waals surface area contributed by atoms with Crippen LogP contribution in [0.5, 0.6) is 0 Å². The van der Waals surface area contributed by atoms with Gasteiger partial charge in [-0.3, -0.25) is 0 Å². The predicted octanol–water partition coefficient (Wildman–Crippen LogP) is 1.68. The fraction of sp³-hybridized carbons (Fsp3) is 0.700. The molecule has 2 atom stereocenters. The molecule has 15 heavy (non-hydrogen) atoms. The highest BCUT2D eigenvalue weighted by molar-refractivity contribution is 5.71. The van der Waals surface area contributed by atoms with E-state index >= 15 is 0 Å². The first-order valence-corrected chi connectivity index (χ1v) is 5.08. The van der Waals surface area contributed by atoms with Crippen molar-refractivity contribution < 1.29 is 9.90 Å². The normalized spacial score (nSPS) is 15.3. The highest BCUT2D eigenvalue weighted by Gasteiger charge is 2.18. The summed E-state index contributed by atoms with van der Waals surface area (Å²) in [6, 6.07) is -0.661. The molecule has 0 fully saturated rings. The molecular weight excluding hydrogens is 194 g/mol. The number of carbonyl (C=O) groups is 1. The second-order valence-corrected chi connectivity index (χ2v) is 4.17. The van der Waals surface area contributed by atoms with E-state index in [-0.39, 0.29) is 0 Å². The van der Waals surface area contributed by atoms with Crippen molar-refractivity contribution in [3.05, 3.63) is 11.9 Å². The van der Waals surface area contributed by atoms with Gasteiger partial charge in [-0.2, -0.15) is 0 Å². The maximum absolute atomic E-state index is 10.7. The molecule has 0 bridgehead atoms. The molecule has 1 heterocycles. The van der Waals surface area contributed by atoms with Crippen molar-refractivity contribution in [3.8, 4) is 0 Å². The predicted molar refractivity (Wildman–Crippen MR) is 55.6 cm³/mol. The van der Waals surface area contributed by atoms with Crippen molar-refractivity contribution in [3.63, 3.8) is 0 Å². The van der Waals surface area contributed by atoms with Crippen LogP contribution in [0.4, 0.5) is 0 Å². The number of hydrogen-bond acceptors (Lipinski definition) is 3. The van der Waals surface area contributed by atoms with Crippen LogP contribution < -0.4 is 0 Å². The molecule has 1 rings (SSSR count). The Balaban J connectivity index is 2.85. The first-order chi connectivity index (χ1) is 6.93. The summed E-state index contributed by atoms with van der Waals surface area (Å²) in [4.78, 5) is 10.7. The van der Waals surface area contributed by atoms with Gasteiger partial charge in [0.15, 0.2) is 0 Å². The summed E-state index contributed by atoms with van der Waals surface area (Å²) >= 11 is 0. The third-order valence-corrected chi connectivity index (χ3v) is 2.75. The summed E-state index contributed by atoms with van der Waals surface area (Å²) in [5, 5.41) is 16.6. The van der Waals surface area contributed by atoms with Crippen molar-refractivity contribution >= 4 is 5.97 Å². The molecule has 0 amide bonds. The second kappa shape index (κ2) is 4.42. The molecule has 5 nitrogen and oxygen atoms in total. The number of aromatic nitrogens is 3. The van der Waals surface area contributed by atoms with E-state index in [1.165, 1.54) is 4.68 Å². The molecule has 1 aromatic heterocycles. The number of nitrogens with zero attached hydrogens (tertiary/aromatic N) is 3. The van der Waals surface area contributed by atoms with E-state index in [0.717, 1.165) is 5.69 Å². The Labute approximate surface area is 89.1 Å². The van der Waals surface area contributed by atoms with Crippen LogP contribution in [0.1, 0.15) is 45.3 Å². The molecule has 1 unspecified atom stereocenters. The van der Waals surface area contributed by atoms with Crippen molar-refractivity contribution in [2.24, 2.45) is 5.92 Å². The molecule has 0 saturated heterocycles. The van der Waals surface area contributed by atoms with Gasteiger partial charge in [-0.05, 0) is 12.8 Å². The van der Waals surface area contributed by atoms with Gasteiger partial charge >= 0.3 is 5.97 Å². The van der Waals surface area contributed by atoms with Gasteiger partial charge in [0.05, 0.1) is 5.69 Å². The molecule has 1 aromatic rings. The largest absolute Gasteiger partial charge is 0.480 e. The van der Waals surface area contributed by atoms with Crippen molar-refractivity contribution in [1.29, 1.82) is 0 Å². The van der Waals surface area contributed by atoms with Gasteiger partial charge in [-0.25, -0.2) is 9.48 Å². The Kier molecular flexibility index (Phi) is 3.44. The van der Waals surface area contributed by atoms with E-state index in [9.17, 15) is 4.79 Å². The van der Waals surface area contributed by atoms with Crippen molar-refractivity contribution in [2.45, 2.75) is 39.7 Å². The van der Waals surface area contributed by atoms with Gasteiger partial charge in [0.2, 0.25) is 0 Å². The minimum atomic E-state index is -0.899. The molecule has 0 aliphatic heterocycles. The fourth-order valence-electron chi connectivity index (χ4n) is 1.14. The summed E-state index contributed by atoms with van der Waals surface area (Å²) in [5.74, 6) is -0.140. The summed E-state index contributed by atoms with van der Waals surface area (Å²) in [7, 11) is 0. The average molecular weight is 211 g/mol. The number of carboxylic acids is 1. The molecule has 0 radical (unpaired) electrons. The zero-order valence-corrected chi connectivity index (χ0v) is 9.51. The molecule has 0 aromatic carbocycles. The monoisotopic (exact) mass is 211 g/mol. The third-order valence-electron chi connectivity index (χ3n) is 2.75. The number of rotatable bonds is 4. The summed E-state index contributed by atoms with van der Waals surface area (Å²) in [6.45, 7) is 7.85. The first kappa shape index (κ1) is 11.7. The second-order valence-electron chi connectivity index (χ2n) is 4.17. The van der Waals surface area contributed by atoms with Crippen LogP contribution in [0, 0.1) is 5.92 Å². The lowest BCUT2D eigenvalue weighted by atomic mass is 9.95. The maximum Gasteiger partial charge on any atom is 0.328 e. The average Bonchev–Trinajstić information content (AvgIpc) is 2.63. The van der Waals surface area contributed by atoms with E-state index in [0.29, 0.717) is 11.8 Å². The minimum Gasteiger partial charge on any atom is -0.480 e. The molecule has 1 N–H and O–H groups in total. The van der Waals surface area contributed by atoms with Crippen LogP contribution in [0.2, 0.25) is 0 Å². The lowest BCUT2D eigenvalue weighted by Crippen LogP contribution is -2.16. The van der Waals surface area contributed by atoms with Gasteiger partial charge in [-0.15, -0.1) is 5.10 Å². The quantitative estimate of drug-likeness (QED) is 0.822. The first-order valence-electron chi connectivity index (χ1n) is 5.08. The molecular formula is C10H17N3O2. The smallest absolute Gasteiger partial charge is 0.328 e. The SMILES string of the molecule is CC(C)C(C)c1cn([C@@H](C)C(=O)O)nn1. The zero-order chi connectivity index (χ0) is 11.6. The fourth-order valence-corrected chi connectivity index (χ4v) is 1.14. The third kappa shape index (κ3) is 2.55. The van der Waals surface area contributed by atoms with E-state index in [1.54, 1.807) is 13.1 Å². The van der Waals surface area contributed by atoms with Crippen molar-refractivity contribution in [1.82, 2.24) is 15.0 Å². The number of aliphatic carboxylic acids is 1. The van der Waals surface area contributed by atoms with Crippen LogP contribution in [-0.4, -0.2) is 26.1 Å². The maximum atomic E-state index is 10.7. The van der Waals surface area contributed by atoms with Gasteiger partial charge in [0.1, 0.15) is 6.04 Å².